The second kappa shape index (κ2) is 6.80. The van der Waals surface area contributed by atoms with E-state index in [9.17, 15) is 9.90 Å². The third-order valence-corrected chi connectivity index (χ3v) is 2.19. The maximum atomic E-state index is 11.4. The maximum absolute atomic E-state index is 11.4. The van der Waals surface area contributed by atoms with E-state index in [-0.39, 0.29) is 47.7 Å². The van der Waals surface area contributed by atoms with Gasteiger partial charge in [-0.05, 0) is 19.1 Å². The van der Waals surface area contributed by atoms with Crippen molar-refractivity contribution in [3.63, 3.8) is 0 Å². The molecule has 0 amide bonds. The van der Waals surface area contributed by atoms with E-state index in [2.05, 4.69) is 0 Å². The molecule has 2 rings (SSSR count). The Bertz CT molecular complexity index is 578. The smallest absolute Gasteiger partial charge is 0.872 e. The molecule has 0 radical (unpaired) electrons. The fourth-order valence-corrected chi connectivity index (χ4v) is 1.40. The Kier molecular flexibility index (Phi) is 5.68. The summed E-state index contributed by atoms with van der Waals surface area (Å²) in [4.78, 5) is 11.0. The quantitative estimate of drug-likeness (QED) is 0.281. The van der Waals surface area contributed by atoms with Crippen molar-refractivity contribution in [3.8, 4) is 11.5 Å². The van der Waals surface area contributed by atoms with Gasteiger partial charge in [-0.15, -0.1) is 0 Å². The summed E-state index contributed by atoms with van der Waals surface area (Å²) >= 11 is 0. The van der Waals surface area contributed by atoms with Crippen molar-refractivity contribution in [1.29, 1.82) is 0 Å². The summed E-state index contributed by atoms with van der Waals surface area (Å²) in [5, 5.41) is 11.8. The minimum Gasteiger partial charge on any atom is -0.872 e. The summed E-state index contributed by atoms with van der Waals surface area (Å²) in [6.07, 6.45) is 0. The van der Waals surface area contributed by atoms with Crippen LogP contribution >= 0.6 is 0 Å². The summed E-state index contributed by atoms with van der Waals surface area (Å²) in [7, 11) is 0. The van der Waals surface area contributed by atoms with Crippen molar-refractivity contribution in [2.75, 3.05) is 13.4 Å². The Morgan fingerprint density at radius 3 is 2.83 bits per heavy atom. The number of hydrogen-bond acceptors (Lipinski definition) is 5. The van der Waals surface area contributed by atoms with Crippen LogP contribution in [0.2, 0.25) is 0 Å². The Hall–Kier alpha value is -1.01. The number of fused-ring (bicyclic) bond motifs is 1. The van der Waals surface area contributed by atoms with Gasteiger partial charge in [-0.3, -0.25) is 0 Å². The molecule has 1 heterocycles. The molecule has 6 heteroatoms. The number of ether oxygens (including phenoxy) is 2. The largest absolute Gasteiger partial charge is 1.00 e. The standard InChI is InChI=1S/C12H12O5.Na/c1-2-15-7-16-8-3-4-9-10(13)6-12(14)17-11(9)5-8;/h3-6,13H,2,7H2,1H3;/q;+1/p-1. The molecule has 0 aliphatic carbocycles. The van der Waals surface area contributed by atoms with E-state index in [1.165, 1.54) is 6.07 Å². The van der Waals surface area contributed by atoms with Crippen molar-refractivity contribution in [1.82, 2.24) is 0 Å². The molecule has 0 aliphatic heterocycles. The first-order valence-electron chi connectivity index (χ1n) is 5.16. The van der Waals surface area contributed by atoms with Gasteiger partial charge in [-0.1, -0.05) is 5.75 Å². The molecule has 90 valence electrons. The second-order valence-electron chi connectivity index (χ2n) is 3.34. The third-order valence-electron chi connectivity index (χ3n) is 2.19. The average Bonchev–Trinajstić information content (AvgIpc) is 2.28. The Balaban J connectivity index is 0.00000162. The van der Waals surface area contributed by atoms with Gasteiger partial charge in [0.25, 0.3) is 0 Å². The van der Waals surface area contributed by atoms with Crippen LogP contribution < -0.4 is 45.0 Å². The van der Waals surface area contributed by atoms with Crippen LogP contribution in [0.1, 0.15) is 6.92 Å². The molecule has 18 heavy (non-hydrogen) atoms. The van der Waals surface area contributed by atoms with Crippen LogP contribution in [0.4, 0.5) is 0 Å². The van der Waals surface area contributed by atoms with Crippen LogP contribution in [0.25, 0.3) is 11.0 Å². The fraction of sp³-hybridized carbons (Fsp3) is 0.250. The molecule has 0 unspecified atom stereocenters. The van der Waals surface area contributed by atoms with Gasteiger partial charge in [0.05, 0.1) is 0 Å². The average molecular weight is 258 g/mol. The van der Waals surface area contributed by atoms with Crippen molar-refractivity contribution in [2.24, 2.45) is 0 Å². The number of rotatable bonds is 4. The zero-order valence-corrected chi connectivity index (χ0v) is 12.3. The molecule has 0 atom stereocenters. The second-order valence-corrected chi connectivity index (χ2v) is 3.34. The Morgan fingerprint density at radius 1 is 1.33 bits per heavy atom. The van der Waals surface area contributed by atoms with Crippen LogP contribution in [-0.4, -0.2) is 13.4 Å². The van der Waals surface area contributed by atoms with Gasteiger partial charge in [0, 0.05) is 24.1 Å². The van der Waals surface area contributed by atoms with Crippen LogP contribution in [0, 0.1) is 0 Å². The van der Waals surface area contributed by atoms with Crippen molar-refractivity contribution >= 4 is 11.0 Å². The van der Waals surface area contributed by atoms with Gasteiger partial charge in [0.2, 0.25) is 0 Å². The van der Waals surface area contributed by atoms with E-state index in [0.29, 0.717) is 17.7 Å². The molecule has 0 saturated heterocycles. The summed E-state index contributed by atoms with van der Waals surface area (Å²) in [6.45, 7) is 2.52. The summed E-state index contributed by atoms with van der Waals surface area (Å²) in [5.74, 6) is 0.132. The molecule has 0 bridgehead atoms. The van der Waals surface area contributed by atoms with Gasteiger partial charge < -0.3 is 19.0 Å². The molecule has 0 fully saturated rings. The zero-order chi connectivity index (χ0) is 12.3. The van der Waals surface area contributed by atoms with Gasteiger partial charge in [0.15, 0.2) is 6.79 Å². The van der Waals surface area contributed by atoms with E-state index in [1.54, 1.807) is 12.1 Å². The van der Waals surface area contributed by atoms with E-state index >= 15 is 0 Å². The first-order valence-corrected chi connectivity index (χ1v) is 5.16. The van der Waals surface area contributed by atoms with Gasteiger partial charge in [-0.25, -0.2) is 4.79 Å². The third kappa shape index (κ3) is 3.49. The first kappa shape index (κ1) is 15.0. The van der Waals surface area contributed by atoms with Gasteiger partial charge in [0.1, 0.15) is 11.3 Å². The summed E-state index contributed by atoms with van der Waals surface area (Å²) in [6, 6.07) is 5.60. The van der Waals surface area contributed by atoms with E-state index < -0.39 is 5.63 Å². The van der Waals surface area contributed by atoms with E-state index in [0.717, 1.165) is 6.07 Å². The maximum Gasteiger partial charge on any atom is 1.00 e. The summed E-state index contributed by atoms with van der Waals surface area (Å²) in [5.41, 5.74) is -0.444. The van der Waals surface area contributed by atoms with Crippen LogP contribution in [0.5, 0.6) is 11.5 Å². The minimum absolute atomic E-state index is 0. The van der Waals surface area contributed by atoms with Crippen molar-refractivity contribution < 1.29 is 48.6 Å². The first-order chi connectivity index (χ1) is 8.20. The molecule has 5 nitrogen and oxygen atoms in total. The summed E-state index contributed by atoms with van der Waals surface area (Å²) < 4.78 is 15.2. The zero-order valence-electron chi connectivity index (χ0n) is 10.3. The van der Waals surface area contributed by atoms with Crippen LogP contribution in [-0.2, 0) is 4.74 Å². The molecule has 1 aromatic carbocycles. The van der Waals surface area contributed by atoms with E-state index in [1.807, 2.05) is 6.92 Å². The SMILES string of the molecule is CCOCOc1ccc2c([O-])cc(=O)oc2c1.[Na+]. The monoisotopic (exact) mass is 258 g/mol. The molecule has 0 N–H and O–H groups in total. The predicted molar refractivity (Wildman–Crippen MR) is 59.1 cm³/mol. The fourth-order valence-electron chi connectivity index (χ4n) is 1.40. The van der Waals surface area contributed by atoms with Crippen molar-refractivity contribution in [2.45, 2.75) is 6.92 Å². The molecule has 0 spiro atoms. The topological polar surface area (TPSA) is 71.7 Å². The normalized spacial score (nSPS) is 10.1. The number of benzene rings is 1. The van der Waals surface area contributed by atoms with Crippen LogP contribution in [0.15, 0.2) is 33.5 Å². The molecule has 2 aromatic rings. The Morgan fingerprint density at radius 2 is 2.11 bits per heavy atom. The molecular formula is C12H11NaO5. The van der Waals surface area contributed by atoms with E-state index in [4.69, 9.17) is 13.9 Å². The number of hydrogen-bond donors (Lipinski definition) is 0. The Labute approximate surface area is 126 Å². The van der Waals surface area contributed by atoms with Crippen molar-refractivity contribution in [3.05, 3.63) is 34.7 Å². The minimum atomic E-state index is -0.663. The molecule has 0 aliphatic rings. The molecule has 0 saturated carbocycles. The van der Waals surface area contributed by atoms with Gasteiger partial charge >= 0.3 is 35.2 Å². The predicted octanol–water partition coefficient (Wildman–Crippen LogP) is -1.76. The molecular weight excluding hydrogens is 247 g/mol. The van der Waals surface area contributed by atoms with Crippen LogP contribution in [0.3, 0.4) is 0 Å². The molecule has 1 aromatic heterocycles. The van der Waals surface area contributed by atoms with Gasteiger partial charge in [-0.2, -0.15) is 0 Å².